The third-order valence-corrected chi connectivity index (χ3v) is 4.14. The zero-order valence-electron chi connectivity index (χ0n) is 15.4. The van der Waals surface area contributed by atoms with Gasteiger partial charge in [-0.1, -0.05) is 38.8 Å². The number of benzene rings is 2. The van der Waals surface area contributed by atoms with Gasteiger partial charge in [0.25, 0.3) is 0 Å². The van der Waals surface area contributed by atoms with E-state index < -0.39 is 0 Å². The summed E-state index contributed by atoms with van der Waals surface area (Å²) in [6.45, 7) is 4.81. The number of unbranched alkanes of at least 4 members (excludes halogenated alkanes) is 2. The first-order valence-electron chi connectivity index (χ1n) is 9.11. The predicted molar refractivity (Wildman–Crippen MR) is 101 cm³/mol. The minimum atomic E-state index is -0.362. The highest BCUT2D eigenvalue weighted by molar-refractivity contribution is 5.89. The van der Waals surface area contributed by atoms with Crippen molar-refractivity contribution in [1.29, 1.82) is 5.26 Å². The van der Waals surface area contributed by atoms with Crippen LogP contribution in [0, 0.1) is 11.3 Å². The van der Waals surface area contributed by atoms with Crippen LogP contribution in [-0.2, 0) is 4.74 Å². The Morgan fingerprint density at radius 2 is 1.73 bits per heavy atom. The van der Waals surface area contributed by atoms with Crippen LogP contribution in [0.5, 0.6) is 5.75 Å². The molecule has 0 bridgehead atoms. The van der Waals surface area contributed by atoms with Crippen LogP contribution < -0.4 is 4.74 Å². The second-order valence-corrected chi connectivity index (χ2v) is 6.12. The van der Waals surface area contributed by atoms with E-state index in [1.165, 1.54) is 0 Å². The molecule has 2 aromatic rings. The Morgan fingerprint density at radius 1 is 1.04 bits per heavy atom. The third kappa shape index (κ3) is 5.63. The van der Waals surface area contributed by atoms with Crippen molar-refractivity contribution in [3.63, 3.8) is 0 Å². The summed E-state index contributed by atoms with van der Waals surface area (Å²) in [5, 5.41) is 8.88. The molecule has 0 spiro atoms. The molecule has 2 aromatic carbocycles. The van der Waals surface area contributed by atoms with Crippen molar-refractivity contribution in [2.75, 3.05) is 6.61 Å². The number of carbonyl (C=O) groups is 1. The molecule has 0 aliphatic rings. The number of rotatable bonds is 9. The Kier molecular flexibility index (Phi) is 7.70. The van der Waals surface area contributed by atoms with Crippen molar-refractivity contribution < 1.29 is 14.3 Å². The van der Waals surface area contributed by atoms with Crippen LogP contribution in [0.25, 0.3) is 0 Å². The average Bonchev–Trinajstić information content (AvgIpc) is 2.70. The highest BCUT2D eigenvalue weighted by Gasteiger charge is 2.16. The normalized spacial score (nSPS) is 11.4. The van der Waals surface area contributed by atoms with Crippen molar-refractivity contribution in [2.45, 2.75) is 45.6 Å². The topological polar surface area (TPSA) is 59.3 Å². The van der Waals surface area contributed by atoms with Crippen molar-refractivity contribution in [2.24, 2.45) is 0 Å². The van der Waals surface area contributed by atoms with Gasteiger partial charge >= 0.3 is 5.97 Å². The maximum absolute atomic E-state index is 12.4. The molecule has 0 fully saturated rings. The van der Waals surface area contributed by atoms with E-state index in [1.807, 2.05) is 19.1 Å². The molecule has 0 amide bonds. The number of hydrogen-bond acceptors (Lipinski definition) is 4. The average molecular weight is 351 g/mol. The molecule has 0 N–H and O–H groups in total. The van der Waals surface area contributed by atoms with Crippen molar-refractivity contribution in [1.82, 2.24) is 0 Å². The van der Waals surface area contributed by atoms with Gasteiger partial charge in [-0.3, -0.25) is 0 Å². The second-order valence-electron chi connectivity index (χ2n) is 6.12. The fourth-order valence-corrected chi connectivity index (χ4v) is 2.59. The molecule has 26 heavy (non-hydrogen) atoms. The van der Waals surface area contributed by atoms with Gasteiger partial charge in [-0.25, -0.2) is 4.79 Å². The first-order chi connectivity index (χ1) is 12.7. The van der Waals surface area contributed by atoms with E-state index in [-0.39, 0.29) is 12.1 Å². The summed E-state index contributed by atoms with van der Waals surface area (Å²) in [5.41, 5.74) is 1.97. The van der Waals surface area contributed by atoms with E-state index in [2.05, 4.69) is 13.0 Å². The van der Waals surface area contributed by atoms with E-state index in [4.69, 9.17) is 14.7 Å². The minimum absolute atomic E-state index is 0.333. The number of esters is 1. The van der Waals surface area contributed by atoms with Crippen LogP contribution in [0.3, 0.4) is 0 Å². The zero-order valence-corrected chi connectivity index (χ0v) is 15.4. The molecule has 1 atom stereocenters. The third-order valence-electron chi connectivity index (χ3n) is 4.14. The molecule has 1 unspecified atom stereocenters. The summed E-state index contributed by atoms with van der Waals surface area (Å²) < 4.78 is 11.3. The Labute approximate surface area is 155 Å². The lowest BCUT2D eigenvalue weighted by Crippen LogP contribution is -2.11. The lowest BCUT2D eigenvalue weighted by Gasteiger charge is -2.17. The molecule has 2 rings (SSSR count). The molecule has 4 nitrogen and oxygen atoms in total. The van der Waals surface area contributed by atoms with E-state index in [0.717, 1.165) is 30.6 Å². The molecule has 0 heterocycles. The lowest BCUT2D eigenvalue weighted by atomic mass is 10.1. The largest absolute Gasteiger partial charge is 0.494 e. The Hall–Kier alpha value is -2.80. The lowest BCUT2D eigenvalue weighted by molar-refractivity contribution is 0.0288. The minimum Gasteiger partial charge on any atom is -0.494 e. The highest BCUT2D eigenvalue weighted by atomic mass is 16.5. The van der Waals surface area contributed by atoms with Crippen molar-refractivity contribution >= 4 is 5.97 Å². The van der Waals surface area contributed by atoms with Crippen LogP contribution in [0.15, 0.2) is 48.5 Å². The van der Waals surface area contributed by atoms with Gasteiger partial charge < -0.3 is 9.47 Å². The molecule has 0 radical (unpaired) electrons. The zero-order chi connectivity index (χ0) is 18.8. The summed E-state index contributed by atoms with van der Waals surface area (Å²) in [5.74, 6) is 0.399. The molecule has 0 saturated carbocycles. The van der Waals surface area contributed by atoms with E-state index in [1.54, 1.807) is 36.4 Å². The number of ether oxygens (including phenoxy) is 2. The van der Waals surface area contributed by atoms with Gasteiger partial charge in [0.1, 0.15) is 11.9 Å². The summed E-state index contributed by atoms with van der Waals surface area (Å²) in [6.07, 6.45) is 3.67. The number of carbonyl (C=O) groups excluding carboxylic acids is 1. The maximum Gasteiger partial charge on any atom is 0.338 e. The summed E-state index contributed by atoms with van der Waals surface area (Å²) in [6, 6.07) is 16.2. The fraction of sp³-hybridized carbons (Fsp3) is 0.364. The second kappa shape index (κ2) is 10.2. The van der Waals surface area contributed by atoms with E-state index >= 15 is 0 Å². The van der Waals surface area contributed by atoms with Gasteiger partial charge in [0.15, 0.2) is 0 Å². The first-order valence-corrected chi connectivity index (χ1v) is 9.11. The van der Waals surface area contributed by atoms with Gasteiger partial charge in [0.05, 0.1) is 23.8 Å². The standard InChI is InChI=1S/C22H25NO3/c1-3-5-6-15-25-20-13-11-19(12-14-20)22(24)26-21(4-2)18-9-7-17(16-23)8-10-18/h7-14,21H,3-6,15H2,1-2H3. The van der Waals surface area contributed by atoms with Crippen LogP contribution >= 0.6 is 0 Å². The highest BCUT2D eigenvalue weighted by Crippen LogP contribution is 2.23. The molecular formula is C22H25NO3. The Bertz CT molecular complexity index is 729. The van der Waals surface area contributed by atoms with Gasteiger partial charge in [-0.15, -0.1) is 0 Å². The summed E-state index contributed by atoms with van der Waals surface area (Å²) in [7, 11) is 0. The van der Waals surface area contributed by atoms with Gasteiger partial charge in [0.2, 0.25) is 0 Å². The number of hydrogen-bond donors (Lipinski definition) is 0. The molecule has 0 aliphatic heterocycles. The molecule has 0 saturated heterocycles. The van der Waals surface area contributed by atoms with E-state index in [9.17, 15) is 4.79 Å². The van der Waals surface area contributed by atoms with Gasteiger partial charge in [-0.05, 0) is 54.8 Å². The summed E-state index contributed by atoms with van der Waals surface area (Å²) in [4.78, 5) is 12.4. The Balaban J connectivity index is 1.95. The fourth-order valence-electron chi connectivity index (χ4n) is 2.59. The van der Waals surface area contributed by atoms with Crippen LogP contribution in [-0.4, -0.2) is 12.6 Å². The number of nitriles is 1. The smallest absolute Gasteiger partial charge is 0.338 e. The predicted octanol–water partition coefficient (Wildman–Crippen LogP) is 5.44. The quantitative estimate of drug-likeness (QED) is 0.446. The van der Waals surface area contributed by atoms with Crippen molar-refractivity contribution in [3.8, 4) is 11.8 Å². The van der Waals surface area contributed by atoms with Gasteiger partial charge in [0, 0.05) is 0 Å². The molecule has 0 aromatic heterocycles. The molecule has 0 aliphatic carbocycles. The Morgan fingerprint density at radius 3 is 2.31 bits per heavy atom. The maximum atomic E-state index is 12.4. The molecule has 4 heteroatoms. The first kappa shape index (κ1) is 19.5. The molecule has 136 valence electrons. The van der Waals surface area contributed by atoms with E-state index in [0.29, 0.717) is 24.2 Å². The summed E-state index contributed by atoms with van der Waals surface area (Å²) >= 11 is 0. The number of nitrogens with zero attached hydrogens (tertiary/aromatic N) is 1. The monoisotopic (exact) mass is 351 g/mol. The van der Waals surface area contributed by atoms with Gasteiger partial charge in [-0.2, -0.15) is 5.26 Å². The molecular weight excluding hydrogens is 326 g/mol. The SMILES string of the molecule is CCCCCOc1ccc(C(=O)OC(CC)c2ccc(C#N)cc2)cc1. The van der Waals surface area contributed by atoms with Crippen LogP contribution in [0.1, 0.15) is 67.1 Å². The van der Waals surface area contributed by atoms with Crippen molar-refractivity contribution in [3.05, 3.63) is 65.2 Å². The van der Waals surface area contributed by atoms with Crippen LogP contribution in [0.4, 0.5) is 0 Å². The van der Waals surface area contributed by atoms with Crippen LogP contribution in [0.2, 0.25) is 0 Å².